The number of ether oxygens (including phenoxy) is 2. The topological polar surface area (TPSA) is 97.6 Å². The molecule has 4 rings (SSSR count). The molecule has 0 spiro atoms. The molecule has 1 aliphatic rings. The lowest BCUT2D eigenvalue weighted by Gasteiger charge is -2.34. The molecule has 0 saturated carbocycles. The van der Waals surface area contributed by atoms with Crippen molar-refractivity contribution < 1.29 is 32.5 Å². The highest BCUT2D eigenvalue weighted by Crippen LogP contribution is 2.45. The van der Waals surface area contributed by atoms with E-state index in [-0.39, 0.29) is 17.8 Å². The van der Waals surface area contributed by atoms with E-state index in [1.807, 2.05) is 0 Å². The second-order valence-electron chi connectivity index (χ2n) is 8.21. The Morgan fingerprint density at radius 1 is 1.20 bits per heavy atom. The predicted octanol–water partition coefficient (Wildman–Crippen LogP) is 4.87. The molecule has 3 N–H and O–H groups in total. The fourth-order valence-electron chi connectivity index (χ4n) is 4.09. The fourth-order valence-corrected chi connectivity index (χ4v) is 4.09. The molecule has 1 aromatic heterocycles. The summed E-state index contributed by atoms with van der Waals surface area (Å²) in [6, 6.07) is 8.76. The number of fused-ring (bicyclic) bond motifs is 1. The van der Waals surface area contributed by atoms with Gasteiger partial charge in [-0.15, -0.1) is 0 Å². The first kappa shape index (κ1) is 24.4. The number of methoxy groups -OCH3 is 2. The van der Waals surface area contributed by atoms with E-state index in [4.69, 9.17) is 9.47 Å². The summed E-state index contributed by atoms with van der Waals surface area (Å²) in [6.07, 6.45) is -4.54. The van der Waals surface area contributed by atoms with Gasteiger partial charge in [0.2, 0.25) is 0 Å². The minimum absolute atomic E-state index is 0.0353. The molecule has 186 valence electrons. The van der Waals surface area contributed by atoms with Gasteiger partial charge in [0.1, 0.15) is 11.4 Å². The number of benzene rings is 2. The third kappa shape index (κ3) is 4.90. The molecular weight excluding hydrogens is 465 g/mol. The zero-order chi connectivity index (χ0) is 25.3. The van der Waals surface area contributed by atoms with E-state index in [0.717, 1.165) is 10.9 Å². The Bertz CT molecular complexity index is 1230. The van der Waals surface area contributed by atoms with Crippen LogP contribution in [-0.4, -0.2) is 41.2 Å². The number of nitrogens with one attached hydrogen (secondary N) is 2. The molecule has 1 amide bonds. The van der Waals surface area contributed by atoms with Crippen molar-refractivity contribution in [2.45, 2.75) is 37.7 Å². The third-order valence-corrected chi connectivity index (χ3v) is 5.92. The highest BCUT2D eigenvalue weighted by Gasteiger charge is 2.47. The molecule has 3 aromatic rings. The Labute approximate surface area is 199 Å². The van der Waals surface area contributed by atoms with Gasteiger partial charge in [0, 0.05) is 12.1 Å². The summed E-state index contributed by atoms with van der Waals surface area (Å²) >= 11 is 0. The Hall–Kier alpha value is -3.73. The summed E-state index contributed by atoms with van der Waals surface area (Å²) in [4.78, 5) is 13.0. The smallest absolute Gasteiger partial charge is 0.410 e. The first-order valence-corrected chi connectivity index (χ1v) is 10.8. The molecule has 0 aliphatic carbocycles. The quantitative estimate of drug-likeness (QED) is 0.456. The van der Waals surface area contributed by atoms with E-state index in [9.17, 15) is 23.1 Å². The summed E-state index contributed by atoms with van der Waals surface area (Å²) in [6.45, 7) is 1.59. The van der Waals surface area contributed by atoms with Gasteiger partial charge < -0.3 is 25.2 Å². The van der Waals surface area contributed by atoms with Crippen LogP contribution < -0.4 is 20.1 Å². The van der Waals surface area contributed by atoms with Crippen LogP contribution in [0.25, 0.3) is 0 Å². The lowest BCUT2D eigenvalue weighted by molar-refractivity contribution is -0.173. The SMILES string of the molecule is COc1ccc([C@H]2C[C@H](C(F)(F)F)n3ncc(C(=O)Nc4cccc([C@H](C)O)c4)c3N2)cc1OC. The van der Waals surface area contributed by atoms with E-state index in [2.05, 4.69) is 15.7 Å². The molecule has 35 heavy (non-hydrogen) atoms. The maximum Gasteiger partial charge on any atom is 0.410 e. The maximum atomic E-state index is 14.0. The second-order valence-corrected chi connectivity index (χ2v) is 8.21. The zero-order valence-corrected chi connectivity index (χ0v) is 19.3. The van der Waals surface area contributed by atoms with Crippen LogP contribution in [0.5, 0.6) is 11.5 Å². The van der Waals surface area contributed by atoms with E-state index < -0.39 is 30.3 Å². The van der Waals surface area contributed by atoms with Crippen molar-refractivity contribution in [1.29, 1.82) is 0 Å². The van der Waals surface area contributed by atoms with Gasteiger partial charge in [0.25, 0.3) is 5.91 Å². The third-order valence-electron chi connectivity index (χ3n) is 5.92. The molecular formula is C24H25F3N4O4. The molecule has 0 fully saturated rings. The molecule has 2 heterocycles. The number of rotatable bonds is 6. The maximum absolute atomic E-state index is 14.0. The molecule has 0 unspecified atom stereocenters. The van der Waals surface area contributed by atoms with Gasteiger partial charge in [-0.1, -0.05) is 18.2 Å². The number of carbonyl (C=O) groups excluding carboxylic acids is 1. The lowest BCUT2D eigenvalue weighted by Crippen LogP contribution is -2.36. The van der Waals surface area contributed by atoms with Gasteiger partial charge in [0.15, 0.2) is 17.5 Å². The van der Waals surface area contributed by atoms with Crippen molar-refractivity contribution in [2.75, 3.05) is 24.9 Å². The van der Waals surface area contributed by atoms with E-state index in [1.54, 1.807) is 49.4 Å². The van der Waals surface area contributed by atoms with Crippen LogP contribution in [0.15, 0.2) is 48.7 Å². The molecule has 3 atom stereocenters. The van der Waals surface area contributed by atoms with Crippen molar-refractivity contribution >= 4 is 17.4 Å². The Balaban J connectivity index is 1.68. The van der Waals surface area contributed by atoms with Crippen molar-refractivity contribution in [3.8, 4) is 11.5 Å². The average molecular weight is 490 g/mol. The summed E-state index contributed by atoms with van der Waals surface area (Å²) in [5.74, 6) is 0.160. The van der Waals surface area contributed by atoms with Crippen LogP contribution in [0, 0.1) is 0 Å². The monoisotopic (exact) mass is 490 g/mol. The highest BCUT2D eigenvalue weighted by molar-refractivity contribution is 6.07. The van der Waals surface area contributed by atoms with Crippen LogP contribution in [0.1, 0.15) is 53.0 Å². The average Bonchev–Trinajstić information content (AvgIpc) is 3.26. The van der Waals surface area contributed by atoms with Crippen LogP contribution in [0.2, 0.25) is 0 Å². The van der Waals surface area contributed by atoms with E-state index >= 15 is 0 Å². The number of aliphatic hydroxyl groups is 1. The van der Waals surface area contributed by atoms with Crippen LogP contribution in [0.4, 0.5) is 24.7 Å². The number of carbonyl (C=O) groups is 1. The molecule has 0 saturated heterocycles. The van der Waals surface area contributed by atoms with Gasteiger partial charge in [-0.05, 0) is 42.3 Å². The summed E-state index contributed by atoms with van der Waals surface area (Å²) < 4.78 is 53.3. The Morgan fingerprint density at radius 3 is 2.60 bits per heavy atom. The Morgan fingerprint density at radius 2 is 1.94 bits per heavy atom. The number of amides is 1. The summed E-state index contributed by atoms with van der Waals surface area (Å²) in [7, 11) is 2.91. The normalized spacial score (nSPS) is 18.3. The molecule has 8 nitrogen and oxygen atoms in total. The number of alkyl halides is 3. The van der Waals surface area contributed by atoms with Crippen molar-refractivity contribution in [3.05, 3.63) is 65.4 Å². The molecule has 0 bridgehead atoms. The lowest BCUT2D eigenvalue weighted by atomic mass is 9.96. The van der Waals surface area contributed by atoms with Crippen molar-refractivity contribution in [2.24, 2.45) is 0 Å². The van der Waals surface area contributed by atoms with Crippen LogP contribution in [-0.2, 0) is 0 Å². The first-order valence-electron chi connectivity index (χ1n) is 10.8. The Kier molecular flexibility index (Phi) is 6.62. The van der Waals surface area contributed by atoms with Gasteiger partial charge in [-0.3, -0.25) is 4.79 Å². The van der Waals surface area contributed by atoms with Gasteiger partial charge >= 0.3 is 6.18 Å². The number of nitrogens with zero attached hydrogens (tertiary/aromatic N) is 2. The summed E-state index contributed by atoms with van der Waals surface area (Å²) in [5, 5.41) is 19.4. The first-order chi connectivity index (χ1) is 16.6. The number of hydrogen-bond acceptors (Lipinski definition) is 6. The highest BCUT2D eigenvalue weighted by atomic mass is 19.4. The minimum atomic E-state index is -4.59. The second kappa shape index (κ2) is 9.49. The number of halogens is 3. The zero-order valence-electron chi connectivity index (χ0n) is 19.3. The largest absolute Gasteiger partial charge is 0.493 e. The van der Waals surface area contributed by atoms with Crippen LogP contribution in [0.3, 0.4) is 0 Å². The number of aromatic nitrogens is 2. The number of anilines is 2. The van der Waals surface area contributed by atoms with Gasteiger partial charge in [-0.25, -0.2) is 4.68 Å². The van der Waals surface area contributed by atoms with Crippen LogP contribution >= 0.6 is 0 Å². The number of aliphatic hydroxyl groups excluding tert-OH is 1. The molecule has 2 aromatic carbocycles. The van der Waals surface area contributed by atoms with Gasteiger partial charge in [-0.2, -0.15) is 18.3 Å². The van der Waals surface area contributed by atoms with Crippen molar-refractivity contribution in [1.82, 2.24) is 9.78 Å². The molecule has 1 aliphatic heterocycles. The minimum Gasteiger partial charge on any atom is -0.493 e. The molecule has 11 heteroatoms. The van der Waals surface area contributed by atoms with Gasteiger partial charge in [0.05, 0.1) is 32.6 Å². The van der Waals surface area contributed by atoms with E-state index in [1.165, 1.54) is 14.2 Å². The molecule has 0 radical (unpaired) electrons. The fraction of sp³-hybridized carbons (Fsp3) is 0.333. The summed E-state index contributed by atoms with van der Waals surface area (Å²) in [5.41, 5.74) is 1.49. The van der Waals surface area contributed by atoms with E-state index in [0.29, 0.717) is 28.3 Å². The predicted molar refractivity (Wildman–Crippen MR) is 123 cm³/mol. The number of hydrogen-bond donors (Lipinski definition) is 3. The standard InChI is InChI=1S/C24H25F3N4O4/c1-13(32)14-5-4-6-16(9-14)29-23(33)17-12-28-31-21(24(25,26)27)11-18(30-22(17)31)15-7-8-19(34-2)20(10-15)35-3/h4-10,12-13,18,21,30,32H,11H2,1-3H3,(H,29,33)/t13-,18+,21+/m0/s1. The van der Waals surface area contributed by atoms with Crippen molar-refractivity contribution in [3.63, 3.8) is 0 Å².